The van der Waals surface area contributed by atoms with Gasteiger partial charge < -0.3 is 0 Å². The standard InChI is InChI=1S/C16H12ClN3/c1-11-4-2-7-14-16(11)20(15(9-17)19-14)13-6-3-5-12(8-13)10-18/h2-8H,9H2,1H3. The van der Waals surface area contributed by atoms with Gasteiger partial charge in [-0.2, -0.15) is 5.26 Å². The fraction of sp³-hybridized carbons (Fsp3) is 0.125. The molecule has 1 aromatic heterocycles. The van der Waals surface area contributed by atoms with Crippen molar-refractivity contribution in [3.8, 4) is 11.8 Å². The smallest absolute Gasteiger partial charge is 0.129 e. The van der Waals surface area contributed by atoms with Crippen LogP contribution in [0.3, 0.4) is 0 Å². The van der Waals surface area contributed by atoms with E-state index in [0.717, 1.165) is 28.1 Å². The number of alkyl halides is 1. The summed E-state index contributed by atoms with van der Waals surface area (Å²) in [4.78, 5) is 4.57. The molecule has 98 valence electrons. The predicted molar refractivity (Wildman–Crippen MR) is 80.1 cm³/mol. The average Bonchev–Trinajstić information content (AvgIpc) is 2.87. The van der Waals surface area contributed by atoms with E-state index < -0.39 is 0 Å². The lowest BCUT2D eigenvalue weighted by atomic mass is 10.2. The molecule has 3 rings (SSSR count). The molecule has 0 spiro atoms. The maximum atomic E-state index is 9.05. The molecule has 0 N–H and O–H groups in total. The van der Waals surface area contributed by atoms with Crippen molar-refractivity contribution in [1.82, 2.24) is 9.55 Å². The number of hydrogen-bond acceptors (Lipinski definition) is 2. The zero-order valence-electron chi connectivity index (χ0n) is 11.0. The molecule has 20 heavy (non-hydrogen) atoms. The molecule has 0 unspecified atom stereocenters. The Bertz CT molecular complexity index is 827. The zero-order chi connectivity index (χ0) is 14.1. The molecule has 0 atom stereocenters. The molecule has 0 aliphatic carbocycles. The number of aromatic nitrogens is 2. The van der Waals surface area contributed by atoms with Gasteiger partial charge in [-0.1, -0.05) is 18.2 Å². The molecule has 0 fully saturated rings. The van der Waals surface area contributed by atoms with Crippen LogP contribution in [0.2, 0.25) is 0 Å². The lowest BCUT2D eigenvalue weighted by molar-refractivity contribution is 0.978. The van der Waals surface area contributed by atoms with Crippen LogP contribution in [0.25, 0.3) is 16.7 Å². The van der Waals surface area contributed by atoms with Gasteiger partial charge in [0.2, 0.25) is 0 Å². The molecule has 0 aliphatic heterocycles. The Morgan fingerprint density at radius 2 is 2.05 bits per heavy atom. The molecule has 2 aromatic carbocycles. The van der Waals surface area contributed by atoms with Crippen LogP contribution in [-0.2, 0) is 5.88 Å². The van der Waals surface area contributed by atoms with E-state index in [9.17, 15) is 0 Å². The zero-order valence-corrected chi connectivity index (χ0v) is 11.7. The minimum Gasteiger partial charge on any atom is -0.295 e. The second-order valence-corrected chi connectivity index (χ2v) is 4.87. The van der Waals surface area contributed by atoms with Crippen molar-refractivity contribution in [2.45, 2.75) is 12.8 Å². The van der Waals surface area contributed by atoms with Gasteiger partial charge in [0, 0.05) is 5.69 Å². The molecule has 3 nitrogen and oxygen atoms in total. The molecule has 0 radical (unpaired) electrons. The van der Waals surface area contributed by atoms with Gasteiger partial charge in [0.25, 0.3) is 0 Å². The second kappa shape index (κ2) is 4.99. The van der Waals surface area contributed by atoms with Gasteiger partial charge in [-0.25, -0.2) is 4.98 Å². The third-order valence-electron chi connectivity index (χ3n) is 3.30. The highest BCUT2D eigenvalue weighted by Crippen LogP contribution is 2.25. The fourth-order valence-corrected chi connectivity index (χ4v) is 2.60. The summed E-state index contributed by atoms with van der Waals surface area (Å²) in [7, 11) is 0. The van der Waals surface area contributed by atoms with E-state index in [4.69, 9.17) is 16.9 Å². The van der Waals surface area contributed by atoms with Gasteiger partial charge in [-0.15, -0.1) is 11.6 Å². The van der Waals surface area contributed by atoms with E-state index >= 15 is 0 Å². The largest absolute Gasteiger partial charge is 0.295 e. The molecule has 0 saturated heterocycles. The van der Waals surface area contributed by atoms with Gasteiger partial charge in [0.1, 0.15) is 5.82 Å². The van der Waals surface area contributed by atoms with Crippen LogP contribution in [0.1, 0.15) is 17.0 Å². The molecule has 0 saturated carbocycles. The van der Waals surface area contributed by atoms with Gasteiger partial charge in [0.15, 0.2) is 0 Å². The topological polar surface area (TPSA) is 41.6 Å². The first-order valence-corrected chi connectivity index (χ1v) is 6.81. The van der Waals surface area contributed by atoms with E-state index in [-0.39, 0.29) is 0 Å². The number of imidazole rings is 1. The van der Waals surface area contributed by atoms with E-state index in [0.29, 0.717) is 11.4 Å². The highest BCUT2D eigenvalue weighted by molar-refractivity contribution is 6.17. The van der Waals surface area contributed by atoms with Crippen LogP contribution in [-0.4, -0.2) is 9.55 Å². The average molecular weight is 282 g/mol. The Kier molecular flexibility index (Phi) is 3.17. The second-order valence-electron chi connectivity index (χ2n) is 4.60. The fourth-order valence-electron chi connectivity index (χ4n) is 2.43. The van der Waals surface area contributed by atoms with Crippen molar-refractivity contribution in [3.63, 3.8) is 0 Å². The van der Waals surface area contributed by atoms with E-state index in [1.165, 1.54) is 0 Å². The number of benzene rings is 2. The third kappa shape index (κ3) is 1.95. The van der Waals surface area contributed by atoms with Crippen molar-refractivity contribution >= 4 is 22.6 Å². The van der Waals surface area contributed by atoms with Crippen LogP contribution < -0.4 is 0 Å². The minimum absolute atomic E-state index is 0.324. The molecular weight excluding hydrogens is 270 g/mol. The van der Waals surface area contributed by atoms with Crippen LogP contribution in [0.15, 0.2) is 42.5 Å². The predicted octanol–water partition coefficient (Wildman–Crippen LogP) is 3.94. The summed E-state index contributed by atoms with van der Waals surface area (Å²) in [6, 6.07) is 15.6. The molecule has 3 aromatic rings. The lowest BCUT2D eigenvalue weighted by Gasteiger charge is -2.09. The van der Waals surface area contributed by atoms with Crippen molar-refractivity contribution in [2.24, 2.45) is 0 Å². The maximum absolute atomic E-state index is 9.05. The Morgan fingerprint density at radius 1 is 1.25 bits per heavy atom. The summed E-state index contributed by atoms with van der Waals surface area (Å²) in [6.45, 7) is 2.05. The molecule has 0 amide bonds. The van der Waals surface area contributed by atoms with Crippen molar-refractivity contribution in [2.75, 3.05) is 0 Å². The monoisotopic (exact) mass is 281 g/mol. The van der Waals surface area contributed by atoms with E-state index in [1.807, 2.05) is 47.9 Å². The number of rotatable bonds is 2. The number of nitriles is 1. The normalized spacial score (nSPS) is 10.7. The van der Waals surface area contributed by atoms with Gasteiger partial charge in [-0.3, -0.25) is 4.57 Å². The van der Waals surface area contributed by atoms with Crippen LogP contribution >= 0.6 is 11.6 Å². The summed E-state index contributed by atoms with van der Waals surface area (Å²) < 4.78 is 2.03. The number of fused-ring (bicyclic) bond motifs is 1. The summed E-state index contributed by atoms with van der Waals surface area (Å²) in [6.07, 6.45) is 0. The number of aryl methyl sites for hydroxylation is 1. The Hall–Kier alpha value is -2.31. The third-order valence-corrected chi connectivity index (χ3v) is 3.54. The number of hydrogen-bond donors (Lipinski definition) is 0. The Labute approximate surface area is 122 Å². The van der Waals surface area contributed by atoms with Crippen LogP contribution in [0.5, 0.6) is 0 Å². The highest BCUT2D eigenvalue weighted by atomic mass is 35.5. The number of para-hydroxylation sites is 1. The van der Waals surface area contributed by atoms with Crippen molar-refractivity contribution in [3.05, 3.63) is 59.4 Å². The summed E-state index contributed by atoms with van der Waals surface area (Å²) >= 11 is 6.03. The summed E-state index contributed by atoms with van der Waals surface area (Å²) in [5.74, 6) is 1.11. The Balaban J connectivity index is 2.37. The minimum atomic E-state index is 0.324. The lowest BCUT2D eigenvalue weighted by Crippen LogP contribution is -2.00. The van der Waals surface area contributed by atoms with Gasteiger partial charge in [0.05, 0.1) is 28.5 Å². The van der Waals surface area contributed by atoms with E-state index in [2.05, 4.69) is 11.1 Å². The first-order chi connectivity index (χ1) is 9.74. The summed E-state index contributed by atoms with van der Waals surface area (Å²) in [5.41, 5.74) is 4.63. The molecule has 0 aliphatic rings. The van der Waals surface area contributed by atoms with Crippen molar-refractivity contribution in [1.29, 1.82) is 5.26 Å². The van der Waals surface area contributed by atoms with Crippen LogP contribution in [0, 0.1) is 18.3 Å². The quantitative estimate of drug-likeness (QED) is 0.668. The Morgan fingerprint density at radius 3 is 2.80 bits per heavy atom. The first kappa shape index (κ1) is 12.7. The van der Waals surface area contributed by atoms with Gasteiger partial charge in [-0.05, 0) is 36.8 Å². The summed E-state index contributed by atoms with van der Waals surface area (Å²) in [5, 5.41) is 9.05. The SMILES string of the molecule is Cc1cccc2nc(CCl)n(-c3cccc(C#N)c3)c12. The van der Waals surface area contributed by atoms with Gasteiger partial charge >= 0.3 is 0 Å². The molecule has 0 bridgehead atoms. The molecule has 1 heterocycles. The van der Waals surface area contributed by atoms with Crippen LogP contribution in [0.4, 0.5) is 0 Å². The highest BCUT2D eigenvalue weighted by Gasteiger charge is 2.13. The maximum Gasteiger partial charge on any atom is 0.129 e. The number of halogens is 1. The van der Waals surface area contributed by atoms with E-state index in [1.54, 1.807) is 6.07 Å². The first-order valence-electron chi connectivity index (χ1n) is 6.28. The van der Waals surface area contributed by atoms with Crippen molar-refractivity contribution < 1.29 is 0 Å². The number of nitrogens with zero attached hydrogens (tertiary/aromatic N) is 3. The molecular formula is C16H12ClN3. The molecule has 4 heteroatoms.